The second-order valence-corrected chi connectivity index (χ2v) is 9.31. The van der Waals surface area contributed by atoms with Crippen LogP contribution in [-0.4, -0.2) is 37.2 Å². The molecule has 5 rings (SSSR count). The molecule has 9 nitrogen and oxygen atoms in total. The van der Waals surface area contributed by atoms with Gasteiger partial charge in [0, 0.05) is 36.6 Å². The van der Waals surface area contributed by atoms with E-state index >= 15 is 0 Å². The number of carbonyl (C=O) groups excluding carboxylic acids is 2. The maximum absolute atomic E-state index is 13.3. The van der Waals surface area contributed by atoms with E-state index in [2.05, 4.69) is 0 Å². The molecular formula is C23H20IN3O6. The molecule has 1 N–H and O–H groups in total. The van der Waals surface area contributed by atoms with Crippen LogP contribution >= 0.6 is 22.6 Å². The van der Waals surface area contributed by atoms with Gasteiger partial charge < -0.3 is 9.84 Å². The zero-order valence-electron chi connectivity index (χ0n) is 17.9. The van der Waals surface area contributed by atoms with E-state index in [1.54, 1.807) is 19.1 Å². The van der Waals surface area contributed by atoms with Gasteiger partial charge in [-0.15, -0.1) is 0 Å². The third-order valence-electron chi connectivity index (χ3n) is 6.41. The Morgan fingerprint density at radius 3 is 2.67 bits per heavy atom. The number of benzene rings is 1. The summed E-state index contributed by atoms with van der Waals surface area (Å²) >= 11 is 1.87. The molecule has 2 atom stereocenters. The van der Waals surface area contributed by atoms with Crippen LogP contribution in [0.2, 0.25) is 0 Å². The van der Waals surface area contributed by atoms with Crippen LogP contribution in [0.5, 0.6) is 11.5 Å². The number of rotatable bonds is 3. The molecule has 1 aromatic carbocycles. The van der Waals surface area contributed by atoms with Crippen molar-refractivity contribution >= 4 is 34.2 Å². The summed E-state index contributed by atoms with van der Waals surface area (Å²) in [4.78, 5) is 51.7. The monoisotopic (exact) mass is 561 g/mol. The lowest BCUT2D eigenvalue weighted by atomic mass is 9.69. The number of halogens is 1. The molecule has 0 saturated heterocycles. The van der Waals surface area contributed by atoms with E-state index in [-0.39, 0.29) is 36.0 Å². The Kier molecular flexibility index (Phi) is 5.07. The first kappa shape index (κ1) is 21.7. The lowest BCUT2D eigenvalue weighted by molar-refractivity contribution is -0.115. The normalized spacial score (nSPS) is 21.8. The molecular weight excluding hydrogens is 541 g/mol. The number of Topliss-reactive ketones (excluding diaryl/α,β-unsaturated/α-hetero) is 1. The van der Waals surface area contributed by atoms with Gasteiger partial charge in [0.15, 0.2) is 23.1 Å². The first-order chi connectivity index (χ1) is 15.7. The summed E-state index contributed by atoms with van der Waals surface area (Å²) in [6, 6.07) is 4.26. The number of aromatic hydroxyl groups is 1. The van der Waals surface area contributed by atoms with Gasteiger partial charge in [-0.3, -0.25) is 9.59 Å². The number of allylic oxidation sites excluding steroid dienone is 6. The lowest BCUT2D eigenvalue weighted by Crippen LogP contribution is -2.40. The zero-order valence-corrected chi connectivity index (χ0v) is 20.0. The summed E-state index contributed by atoms with van der Waals surface area (Å²) in [5.41, 5.74) is 1.24. The molecule has 3 aliphatic rings. The minimum Gasteiger partial charge on any atom is -0.504 e. The highest BCUT2D eigenvalue weighted by atomic mass is 127. The molecule has 0 saturated carbocycles. The van der Waals surface area contributed by atoms with Crippen molar-refractivity contribution < 1.29 is 19.4 Å². The van der Waals surface area contributed by atoms with Crippen LogP contribution in [0.15, 0.2) is 60.2 Å². The van der Waals surface area contributed by atoms with Crippen LogP contribution < -0.4 is 16.1 Å². The molecule has 170 valence electrons. The minimum atomic E-state index is -0.621. The lowest BCUT2D eigenvalue weighted by Gasteiger charge is -2.39. The van der Waals surface area contributed by atoms with E-state index in [1.165, 1.54) is 28.6 Å². The second kappa shape index (κ2) is 7.72. The Balaban J connectivity index is 1.77. The summed E-state index contributed by atoms with van der Waals surface area (Å²) in [5, 5.41) is 10.2. The van der Waals surface area contributed by atoms with Gasteiger partial charge in [0.05, 0.1) is 22.8 Å². The van der Waals surface area contributed by atoms with Gasteiger partial charge >= 0.3 is 11.4 Å². The number of aromatic nitrogens is 3. The first-order valence-electron chi connectivity index (χ1n) is 10.5. The molecule has 0 radical (unpaired) electrons. The highest BCUT2D eigenvalue weighted by Crippen LogP contribution is 2.51. The van der Waals surface area contributed by atoms with Gasteiger partial charge in [0.2, 0.25) is 0 Å². The zero-order chi connectivity index (χ0) is 23.6. The Hall–Kier alpha value is -3.15. The predicted octanol–water partition coefficient (Wildman–Crippen LogP) is 1.89. The van der Waals surface area contributed by atoms with Crippen LogP contribution in [0.1, 0.15) is 30.9 Å². The van der Waals surface area contributed by atoms with Gasteiger partial charge in [-0.1, -0.05) is 12.1 Å². The van der Waals surface area contributed by atoms with Crippen LogP contribution in [0.4, 0.5) is 0 Å². The van der Waals surface area contributed by atoms with E-state index in [9.17, 15) is 24.3 Å². The molecule has 10 heteroatoms. The van der Waals surface area contributed by atoms with Gasteiger partial charge in [-0.25, -0.2) is 23.5 Å². The van der Waals surface area contributed by atoms with Gasteiger partial charge in [-0.2, -0.15) is 0 Å². The summed E-state index contributed by atoms with van der Waals surface area (Å²) < 4.78 is 9.66. The summed E-state index contributed by atoms with van der Waals surface area (Å²) in [7, 11) is 1.42. The Morgan fingerprint density at radius 2 is 1.94 bits per heavy atom. The standard InChI is InChI=1S/C23H20IN3O6/c1-3-33-18-8-11(4-5-16(18)28)19-12-6-7-26-22(31)25(2)23(32)27(26)15(12)9-13-17(29)10-14(24)21(30)20(13)19/h4-6,8,10,15,19,28H,3,7,9H2,1-2H3. The molecule has 0 amide bonds. The van der Waals surface area contributed by atoms with Crippen LogP contribution in [0, 0.1) is 0 Å². The molecule has 0 fully saturated rings. The molecule has 0 spiro atoms. The van der Waals surface area contributed by atoms with Crippen molar-refractivity contribution in [2.24, 2.45) is 7.05 Å². The van der Waals surface area contributed by atoms with Crippen molar-refractivity contribution in [3.63, 3.8) is 0 Å². The number of nitrogens with zero attached hydrogens (tertiary/aromatic N) is 3. The average Bonchev–Trinajstić information content (AvgIpc) is 3.02. The van der Waals surface area contributed by atoms with E-state index in [0.717, 1.165) is 10.1 Å². The predicted molar refractivity (Wildman–Crippen MR) is 127 cm³/mol. The maximum atomic E-state index is 13.3. The number of phenols is 1. The molecule has 2 aromatic rings. The Labute approximate surface area is 201 Å². The molecule has 2 unspecified atom stereocenters. The summed E-state index contributed by atoms with van der Waals surface area (Å²) in [5.74, 6) is -0.892. The second-order valence-electron chi connectivity index (χ2n) is 8.15. The minimum absolute atomic E-state index is 0.0339. The average molecular weight is 561 g/mol. The molecule has 0 bridgehead atoms. The fraction of sp³-hybridized carbons (Fsp3) is 0.304. The van der Waals surface area contributed by atoms with Crippen molar-refractivity contribution in [3.05, 3.63) is 77.2 Å². The third-order valence-corrected chi connectivity index (χ3v) is 7.21. The van der Waals surface area contributed by atoms with E-state index in [1.807, 2.05) is 28.7 Å². The Bertz CT molecular complexity index is 1450. The molecule has 33 heavy (non-hydrogen) atoms. The van der Waals surface area contributed by atoms with Crippen molar-refractivity contribution in [2.45, 2.75) is 31.8 Å². The van der Waals surface area contributed by atoms with Crippen LogP contribution in [0.25, 0.3) is 0 Å². The number of ketones is 2. The SMILES string of the molecule is CCOc1cc(C2C3=CCn4c(=O)n(C)c(=O)n4C3CC3=C2C(=O)C(I)=CC3=O)ccc1O. The number of hydrogen-bond donors (Lipinski definition) is 1. The third kappa shape index (κ3) is 3.10. The van der Waals surface area contributed by atoms with Crippen LogP contribution in [-0.2, 0) is 23.2 Å². The van der Waals surface area contributed by atoms with Gasteiger partial charge in [0.1, 0.15) is 0 Å². The molecule has 1 aromatic heterocycles. The van der Waals surface area contributed by atoms with Crippen LogP contribution in [0.3, 0.4) is 0 Å². The summed E-state index contributed by atoms with van der Waals surface area (Å²) in [6.45, 7) is 2.31. The number of phenolic OH excluding ortho intramolecular Hbond substituents is 1. The van der Waals surface area contributed by atoms with E-state index < -0.39 is 23.3 Å². The van der Waals surface area contributed by atoms with Crippen molar-refractivity contribution in [3.8, 4) is 11.5 Å². The summed E-state index contributed by atoms with van der Waals surface area (Å²) in [6.07, 6.45) is 3.32. The van der Waals surface area contributed by atoms with Gasteiger partial charge in [0.25, 0.3) is 0 Å². The fourth-order valence-corrected chi connectivity index (χ4v) is 5.51. The van der Waals surface area contributed by atoms with Gasteiger partial charge in [-0.05, 0) is 52.8 Å². The first-order valence-corrected chi connectivity index (χ1v) is 11.6. The number of ether oxygens (including phenoxy) is 1. The molecule has 2 aliphatic carbocycles. The number of carbonyl (C=O) groups is 2. The van der Waals surface area contributed by atoms with E-state index in [0.29, 0.717) is 26.9 Å². The quantitative estimate of drug-likeness (QED) is 0.348. The topological polar surface area (TPSA) is 113 Å². The van der Waals surface area contributed by atoms with Crippen molar-refractivity contribution in [2.75, 3.05) is 6.61 Å². The highest BCUT2D eigenvalue weighted by Gasteiger charge is 2.45. The molecule has 2 heterocycles. The maximum Gasteiger partial charge on any atom is 0.347 e. The van der Waals surface area contributed by atoms with Crippen molar-refractivity contribution in [1.82, 2.24) is 13.9 Å². The number of fused-ring (bicyclic) bond motifs is 3. The molecule has 1 aliphatic heterocycles. The van der Waals surface area contributed by atoms with E-state index in [4.69, 9.17) is 4.74 Å². The smallest absolute Gasteiger partial charge is 0.347 e. The number of hydrogen-bond acceptors (Lipinski definition) is 6. The Morgan fingerprint density at radius 1 is 1.18 bits per heavy atom. The highest BCUT2D eigenvalue weighted by molar-refractivity contribution is 14.1. The largest absolute Gasteiger partial charge is 0.504 e. The van der Waals surface area contributed by atoms with Crippen molar-refractivity contribution in [1.29, 1.82) is 0 Å². The fourth-order valence-electron chi connectivity index (χ4n) is 4.94.